The first-order chi connectivity index (χ1) is 19.6. The molecule has 1 unspecified atom stereocenters. The van der Waals surface area contributed by atoms with Crippen LogP contribution in [0.4, 0.5) is 0 Å². The second-order valence-corrected chi connectivity index (χ2v) is 11.6. The summed E-state index contributed by atoms with van der Waals surface area (Å²) < 4.78 is 10.5. The summed E-state index contributed by atoms with van der Waals surface area (Å²) >= 11 is 0. The summed E-state index contributed by atoms with van der Waals surface area (Å²) in [6.07, 6.45) is 34.1. The van der Waals surface area contributed by atoms with E-state index >= 15 is 0 Å². The van der Waals surface area contributed by atoms with Crippen molar-refractivity contribution in [2.24, 2.45) is 0 Å². The number of hydrogen-bond acceptors (Lipinski definition) is 5. The van der Waals surface area contributed by atoms with Crippen LogP contribution in [0, 0.1) is 0 Å². The van der Waals surface area contributed by atoms with E-state index in [0.717, 1.165) is 51.4 Å². The van der Waals surface area contributed by atoms with E-state index in [9.17, 15) is 14.7 Å². The molecule has 0 aromatic heterocycles. The van der Waals surface area contributed by atoms with Gasteiger partial charge in [0.2, 0.25) is 0 Å². The molecule has 0 aliphatic carbocycles. The van der Waals surface area contributed by atoms with Gasteiger partial charge in [0.25, 0.3) is 0 Å². The molecule has 0 rings (SSSR count). The maximum Gasteiger partial charge on any atom is 0.306 e. The molecular weight excluding hydrogens is 500 g/mol. The molecule has 0 heterocycles. The minimum atomic E-state index is -0.767. The van der Waals surface area contributed by atoms with Gasteiger partial charge >= 0.3 is 11.9 Å². The van der Waals surface area contributed by atoms with Crippen molar-refractivity contribution >= 4 is 11.9 Å². The van der Waals surface area contributed by atoms with Gasteiger partial charge in [0.1, 0.15) is 6.61 Å². The third-order valence-electron chi connectivity index (χ3n) is 7.54. The first-order valence-electron chi connectivity index (χ1n) is 17.2. The molecule has 0 aromatic carbocycles. The second kappa shape index (κ2) is 32.2. The summed E-state index contributed by atoms with van der Waals surface area (Å²) in [6, 6.07) is 0. The Morgan fingerprint density at radius 1 is 0.550 bits per heavy atom. The van der Waals surface area contributed by atoms with Crippen molar-refractivity contribution in [3.05, 3.63) is 12.2 Å². The van der Waals surface area contributed by atoms with E-state index in [-0.39, 0.29) is 25.2 Å². The van der Waals surface area contributed by atoms with Crippen molar-refractivity contribution in [1.82, 2.24) is 0 Å². The highest BCUT2D eigenvalue weighted by atomic mass is 16.6. The Balaban J connectivity index is 3.53. The average Bonchev–Trinajstić information content (AvgIpc) is 2.96. The lowest BCUT2D eigenvalue weighted by atomic mass is 10.0. The van der Waals surface area contributed by atoms with Gasteiger partial charge in [-0.15, -0.1) is 0 Å². The van der Waals surface area contributed by atoms with Crippen molar-refractivity contribution in [3.63, 3.8) is 0 Å². The van der Waals surface area contributed by atoms with Gasteiger partial charge in [0, 0.05) is 12.8 Å². The molecule has 5 heteroatoms. The number of rotatable bonds is 31. The first kappa shape index (κ1) is 38.6. The molecule has 0 aliphatic heterocycles. The van der Waals surface area contributed by atoms with Gasteiger partial charge < -0.3 is 14.6 Å². The minimum Gasteiger partial charge on any atom is -0.462 e. The molecule has 5 nitrogen and oxygen atoms in total. The molecule has 0 aliphatic rings. The predicted octanol–water partition coefficient (Wildman–Crippen LogP) is 10.2. The van der Waals surface area contributed by atoms with Gasteiger partial charge in [-0.1, -0.05) is 148 Å². The van der Waals surface area contributed by atoms with E-state index in [4.69, 9.17) is 9.47 Å². The van der Waals surface area contributed by atoms with Gasteiger partial charge in [0.15, 0.2) is 6.10 Å². The van der Waals surface area contributed by atoms with Crippen LogP contribution in [-0.4, -0.2) is 36.4 Å². The SMILES string of the molecule is CCC/C=C\CCCCCCCC(=O)OC(CO)COC(=O)CCCCCCCCCCCCCCCCCC. The fraction of sp³-hybridized carbons (Fsp3) is 0.886. The number of ether oxygens (including phenoxy) is 2. The highest BCUT2D eigenvalue weighted by Crippen LogP contribution is 2.14. The molecule has 0 amide bonds. The second-order valence-electron chi connectivity index (χ2n) is 11.6. The molecular formula is C35H66O5. The molecule has 0 spiro atoms. The van der Waals surface area contributed by atoms with Crippen LogP contribution in [0.1, 0.15) is 181 Å². The number of aliphatic hydroxyl groups excluding tert-OH is 1. The van der Waals surface area contributed by atoms with Crippen LogP contribution < -0.4 is 0 Å². The first-order valence-corrected chi connectivity index (χ1v) is 17.2. The Morgan fingerprint density at radius 2 is 0.975 bits per heavy atom. The van der Waals surface area contributed by atoms with Gasteiger partial charge in [-0.05, 0) is 32.1 Å². The smallest absolute Gasteiger partial charge is 0.306 e. The van der Waals surface area contributed by atoms with Crippen LogP contribution in [0.2, 0.25) is 0 Å². The molecule has 0 saturated heterocycles. The highest BCUT2D eigenvalue weighted by Gasteiger charge is 2.16. The molecule has 0 saturated carbocycles. The minimum absolute atomic E-state index is 0.0640. The van der Waals surface area contributed by atoms with Crippen molar-refractivity contribution in [2.45, 2.75) is 187 Å². The fourth-order valence-electron chi connectivity index (χ4n) is 4.91. The predicted molar refractivity (Wildman–Crippen MR) is 168 cm³/mol. The standard InChI is InChI=1S/C35H66O5/c1-3-5-7-9-11-13-15-16-17-18-19-20-22-23-25-27-29-34(37)39-32-33(31-36)40-35(38)30-28-26-24-21-14-12-10-8-6-4-2/h8,10,33,36H,3-7,9,11-32H2,1-2H3/b10-8-. The van der Waals surface area contributed by atoms with Crippen LogP contribution in [0.15, 0.2) is 12.2 Å². The number of esters is 2. The molecule has 0 bridgehead atoms. The van der Waals surface area contributed by atoms with Crippen molar-refractivity contribution in [3.8, 4) is 0 Å². The summed E-state index contributed by atoms with van der Waals surface area (Å²) in [4.78, 5) is 24.1. The third-order valence-corrected chi connectivity index (χ3v) is 7.54. The number of carbonyl (C=O) groups is 2. The largest absolute Gasteiger partial charge is 0.462 e. The van der Waals surface area contributed by atoms with E-state index in [2.05, 4.69) is 26.0 Å². The Bertz CT molecular complexity index is 574. The van der Waals surface area contributed by atoms with E-state index < -0.39 is 6.10 Å². The molecule has 1 atom stereocenters. The van der Waals surface area contributed by atoms with Gasteiger partial charge in [0.05, 0.1) is 6.61 Å². The van der Waals surface area contributed by atoms with Crippen LogP contribution in [0.25, 0.3) is 0 Å². The summed E-state index contributed by atoms with van der Waals surface area (Å²) in [5, 5.41) is 9.48. The lowest BCUT2D eigenvalue weighted by molar-refractivity contribution is -0.161. The van der Waals surface area contributed by atoms with Crippen LogP contribution in [-0.2, 0) is 19.1 Å². The summed E-state index contributed by atoms with van der Waals surface area (Å²) in [5.74, 6) is -0.597. The van der Waals surface area contributed by atoms with Gasteiger partial charge in [-0.3, -0.25) is 9.59 Å². The monoisotopic (exact) mass is 566 g/mol. The van der Waals surface area contributed by atoms with Gasteiger partial charge in [-0.25, -0.2) is 0 Å². The van der Waals surface area contributed by atoms with Crippen molar-refractivity contribution < 1.29 is 24.2 Å². The zero-order valence-corrected chi connectivity index (χ0v) is 26.6. The lowest BCUT2D eigenvalue weighted by Gasteiger charge is -2.15. The van der Waals surface area contributed by atoms with E-state index in [1.807, 2.05) is 0 Å². The topological polar surface area (TPSA) is 72.8 Å². The van der Waals surface area contributed by atoms with E-state index in [1.54, 1.807) is 0 Å². The molecule has 40 heavy (non-hydrogen) atoms. The number of allylic oxidation sites excluding steroid dienone is 2. The highest BCUT2D eigenvalue weighted by molar-refractivity contribution is 5.70. The Morgan fingerprint density at radius 3 is 1.45 bits per heavy atom. The van der Waals surface area contributed by atoms with Crippen molar-refractivity contribution in [1.29, 1.82) is 0 Å². The maximum absolute atomic E-state index is 12.0. The molecule has 0 radical (unpaired) electrons. The Labute approximate surface area is 248 Å². The Kier molecular flexibility index (Phi) is 31.1. The van der Waals surface area contributed by atoms with Crippen LogP contribution in [0.5, 0.6) is 0 Å². The zero-order chi connectivity index (χ0) is 29.4. The summed E-state index contributed by atoms with van der Waals surface area (Å²) in [6.45, 7) is 4.07. The number of hydrogen-bond donors (Lipinski definition) is 1. The van der Waals surface area contributed by atoms with E-state index in [1.165, 1.54) is 103 Å². The Hall–Kier alpha value is -1.36. The fourth-order valence-corrected chi connectivity index (χ4v) is 4.91. The van der Waals surface area contributed by atoms with Crippen LogP contribution in [0.3, 0.4) is 0 Å². The summed E-state index contributed by atoms with van der Waals surface area (Å²) in [5.41, 5.74) is 0. The molecule has 236 valence electrons. The molecule has 0 fully saturated rings. The summed E-state index contributed by atoms with van der Waals surface area (Å²) in [7, 11) is 0. The zero-order valence-electron chi connectivity index (χ0n) is 26.6. The maximum atomic E-state index is 12.0. The number of carbonyl (C=O) groups excluding carboxylic acids is 2. The van der Waals surface area contributed by atoms with Gasteiger partial charge in [-0.2, -0.15) is 0 Å². The van der Waals surface area contributed by atoms with Crippen molar-refractivity contribution in [2.75, 3.05) is 13.2 Å². The lowest BCUT2D eigenvalue weighted by Crippen LogP contribution is -2.28. The number of unbranched alkanes of at least 4 members (excludes halogenated alkanes) is 21. The quantitative estimate of drug-likeness (QED) is 0.0513. The molecule has 0 aromatic rings. The third kappa shape index (κ3) is 29.6. The molecule has 1 N–H and O–H groups in total. The normalized spacial score (nSPS) is 12.2. The average molecular weight is 567 g/mol. The van der Waals surface area contributed by atoms with Crippen LogP contribution >= 0.6 is 0 Å². The van der Waals surface area contributed by atoms with E-state index in [0.29, 0.717) is 12.8 Å². The number of aliphatic hydroxyl groups is 1.